The number of rotatable bonds is 1. The second kappa shape index (κ2) is 5.90. The molecule has 0 saturated heterocycles. The molecule has 5 rings (SSSR count). The van der Waals surface area contributed by atoms with Crippen molar-refractivity contribution in [3.05, 3.63) is 71.0 Å². The molecule has 0 bridgehead atoms. The van der Waals surface area contributed by atoms with E-state index in [2.05, 4.69) is 4.98 Å². The van der Waals surface area contributed by atoms with Gasteiger partial charge < -0.3 is 4.42 Å². The van der Waals surface area contributed by atoms with Crippen molar-refractivity contribution in [1.29, 1.82) is 0 Å². The third kappa shape index (κ3) is 2.29. The largest absolute Gasteiger partial charge is 0.437 e. The lowest BCUT2D eigenvalue weighted by Crippen LogP contribution is -2.31. The Labute approximate surface area is 172 Å². The Morgan fingerprint density at radius 3 is 2.61 bits per heavy atom. The third-order valence-corrected chi connectivity index (χ3v) is 5.43. The Morgan fingerprint density at radius 1 is 0.964 bits per heavy atom. The van der Waals surface area contributed by atoms with Gasteiger partial charge in [0.15, 0.2) is 11.8 Å². The van der Waals surface area contributed by atoms with Crippen molar-refractivity contribution in [2.24, 2.45) is 7.05 Å². The van der Waals surface area contributed by atoms with Gasteiger partial charge in [-0.2, -0.15) is 0 Å². The number of pyridine rings is 2. The van der Waals surface area contributed by atoms with Crippen molar-refractivity contribution in [1.82, 2.24) is 4.98 Å². The lowest BCUT2D eigenvalue weighted by Gasteiger charge is -2.09. The van der Waals surface area contributed by atoms with E-state index in [9.17, 15) is 0 Å². The maximum Gasteiger partial charge on any atom is 0.227 e. The van der Waals surface area contributed by atoms with Crippen LogP contribution in [0.15, 0.2) is 53.2 Å². The van der Waals surface area contributed by atoms with Crippen LogP contribution in [0.1, 0.15) is 30.5 Å². The number of aryl methyl sites for hydroxylation is 5. The average molecular weight is 374 g/mol. The zero-order valence-electron chi connectivity index (χ0n) is 21.9. The summed E-state index contributed by atoms with van der Waals surface area (Å²) in [7, 11) is 1.78. The summed E-state index contributed by atoms with van der Waals surface area (Å²) in [5, 5.41) is 2.93. The number of nitrogens with zero attached hydrogens (tertiary/aromatic N) is 2. The quantitative estimate of drug-likeness (QED) is 0.345. The van der Waals surface area contributed by atoms with Crippen LogP contribution >= 0.6 is 0 Å². The van der Waals surface area contributed by atoms with Gasteiger partial charge in [-0.05, 0) is 49.6 Å². The number of benzene rings is 2. The molecule has 3 nitrogen and oxygen atoms in total. The van der Waals surface area contributed by atoms with Crippen molar-refractivity contribution in [2.45, 2.75) is 27.6 Å². The fourth-order valence-electron chi connectivity index (χ4n) is 4.01. The van der Waals surface area contributed by atoms with E-state index in [4.69, 9.17) is 12.6 Å². The molecule has 0 aliphatic heterocycles. The number of hydrogen-bond donors (Lipinski definition) is 0. The van der Waals surface area contributed by atoms with Crippen LogP contribution < -0.4 is 4.57 Å². The second-order valence-corrected chi connectivity index (χ2v) is 7.31. The number of fused-ring (bicyclic) bond motifs is 5. The van der Waals surface area contributed by atoms with Crippen molar-refractivity contribution < 1.29 is 17.2 Å². The van der Waals surface area contributed by atoms with Gasteiger partial charge in [0.1, 0.15) is 7.05 Å². The fraction of sp³-hybridized carbons (Fsp3) is 0.200. The van der Waals surface area contributed by atoms with Crippen molar-refractivity contribution in [2.75, 3.05) is 0 Å². The van der Waals surface area contributed by atoms with Crippen LogP contribution in [0.3, 0.4) is 0 Å². The monoisotopic (exact) mass is 373 g/mol. The summed E-state index contributed by atoms with van der Waals surface area (Å²) in [6.45, 7) is -0.992. The molecule has 5 aromatic rings. The van der Waals surface area contributed by atoms with Gasteiger partial charge in [-0.25, -0.2) is 9.55 Å². The molecule has 138 valence electrons. The van der Waals surface area contributed by atoms with Gasteiger partial charge in [0.25, 0.3) is 0 Å². The second-order valence-electron chi connectivity index (χ2n) is 7.31. The molecular weight excluding hydrogens is 344 g/mol. The van der Waals surface area contributed by atoms with Crippen LogP contribution in [0.4, 0.5) is 0 Å². The fourth-order valence-corrected chi connectivity index (χ4v) is 4.01. The standard InChI is InChI=1S/C25H23N2O/c1-14-11-20(27(5)13-17(14)4)21-15(2)10-16(3)22-23-19-9-7-6-8-18(19)12-26-25(23)28-24(21)22/h6-13H,1-5H3/q+1/i3D3,4D3. The van der Waals surface area contributed by atoms with Gasteiger partial charge in [-0.1, -0.05) is 30.3 Å². The molecule has 0 spiro atoms. The van der Waals surface area contributed by atoms with Gasteiger partial charge in [0.05, 0.1) is 10.9 Å². The topological polar surface area (TPSA) is 29.9 Å². The Hall–Kier alpha value is -3.20. The molecule has 0 N–H and O–H groups in total. The van der Waals surface area contributed by atoms with Gasteiger partial charge in [0, 0.05) is 36.8 Å². The highest BCUT2D eigenvalue weighted by atomic mass is 16.3. The van der Waals surface area contributed by atoms with E-state index >= 15 is 0 Å². The van der Waals surface area contributed by atoms with E-state index < -0.39 is 13.7 Å². The van der Waals surface area contributed by atoms with Crippen LogP contribution in [-0.4, -0.2) is 4.98 Å². The highest BCUT2D eigenvalue weighted by Gasteiger charge is 2.24. The molecular formula is C25H23N2O+. The summed E-state index contributed by atoms with van der Waals surface area (Å²) >= 11 is 0. The SMILES string of the molecule is [2H]C([2H])([2H])c1c[n+](C)c(-c2c(C)cc(C([2H])([2H])[2H])c3c2oc2ncc4ccccc4c23)cc1C. The first kappa shape index (κ1) is 11.6. The van der Waals surface area contributed by atoms with Gasteiger partial charge in [0.2, 0.25) is 11.4 Å². The Bertz CT molecular complexity index is 1610. The molecule has 3 heteroatoms. The minimum absolute atomic E-state index is 0.208. The van der Waals surface area contributed by atoms with Crippen molar-refractivity contribution >= 4 is 32.8 Å². The summed E-state index contributed by atoms with van der Waals surface area (Å²) in [5.74, 6) is 0. The predicted molar refractivity (Wildman–Crippen MR) is 115 cm³/mol. The van der Waals surface area contributed by atoms with Gasteiger partial charge in [-0.3, -0.25) is 0 Å². The Morgan fingerprint density at radius 2 is 1.79 bits per heavy atom. The van der Waals surface area contributed by atoms with Crippen LogP contribution in [0.5, 0.6) is 0 Å². The van der Waals surface area contributed by atoms with Crippen LogP contribution in [0, 0.1) is 27.6 Å². The lowest BCUT2D eigenvalue weighted by molar-refractivity contribution is -0.660. The average Bonchev–Trinajstić information content (AvgIpc) is 3.13. The maximum atomic E-state index is 8.23. The molecule has 0 fully saturated rings. The molecule has 3 heterocycles. The van der Waals surface area contributed by atoms with Crippen molar-refractivity contribution in [3.63, 3.8) is 0 Å². The first-order chi connectivity index (χ1) is 15.9. The van der Waals surface area contributed by atoms with Crippen LogP contribution in [-0.2, 0) is 7.05 Å². The van der Waals surface area contributed by atoms with E-state index in [0.717, 1.165) is 22.0 Å². The van der Waals surface area contributed by atoms with E-state index in [1.807, 2.05) is 37.3 Å². The zero-order chi connectivity index (χ0) is 24.6. The summed E-state index contributed by atoms with van der Waals surface area (Å²) in [4.78, 5) is 4.49. The van der Waals surface area contributed by atoms with Crippen molar-refractivity contribution in [3.8, 4) is 11.3 Å². The smallest absolute Gasteiger partial charge is 0.227 e. The number of furan rings is 1. The first-order valence-corrected chi connectivity index (χ1v) is 9.13. The molecule has 28 heavy (non-hydrogen) atoms. The molecule has 0 saturated carbocycles. The van der Waals surface area contributed by atoms with E-state index in [1.165, 1.54) is 0 Å². The molecule has 0 atom stereocenters. The van der Waals surface area contributed by atoms with Crippen LogP contribution in [0.25, 0.3) is 44.1 Å². The maximum absolute atomic E-state index is 8.23. The molecule has 0 aliphatic carbocycles. The van der Waals surface area contributed by atoms with E-state index in [-0.39, 0.29) is 11.1 Å². The first-order valence-electron chi connectivity index (χ1n) is 12.1. The molecule has 3 aromatic heterocycles. The predicted octanol–water partition coefficient (Wildman–Crippen LogP) is 5.86. The number of aromatic nitrogens is 2. The molecule has 0 radical (unpaired) electrons. The van der Waals surface area contributed by atoms with Gasteiger partial charge >= 0.3 is 0 Å². The minimum Gasteiger partial charge on any atom is -0.437 e. The Balaban J connectivity index is 1.97. The number of hydrogen-bond acceptors (Lipinski definition) is 2. The van der Waals surface area contributed by atoms with E-state index in [1.54, 1.807) is 37.0 Å². The normalized spacial score (nSPS) is 15.8. The Kier molecular flexibility index (Phi) is 2.44. The molecule has 0 unspecified atom stereocenters. The molecule has 0 amide bonds. The summed E-state index contributed by atoms with van der Waals surface area (Å²) in [6.07, 6.45) is 3.33. The summed E-state index contributed by atoms with van der Waals surface area (Å²) in [6, 6.07) is 11.2. The highest BCUT2D eigenvalue weighted by Crippen LogP contribution is 2.41. The molecule has 2 aromatic carbocycles. The van der Waals surface area contributed by atoms with Gasteiger partial charge in [-0.15, -0.1) is 0 Å². The lowest BCUT2D eigenvalue weighted by atomic mass is 9.95. The van der Waals surface area contributed by atoms with E-state index in [0.29, 0.717) is 33.2 Å². The molecule has 0 aliphatic rings. The summed E-state index contributed by atoms with van der Waals surface area (Å²) < 4.78 is 56.2. The summed E-state index contributed by atoms with van der Waals surface area (Å²) in [5.41, 5.74) is 4.06. The third-order valence-electron chi connectivity index (χ3n) is 5.43. The van der Waals surface area contributed by atoms with Crippen LogP contribution in [0.2, 0.25) is 0 Å². The minimum atomic E-state index is -2.36. The zero-order valence-corrected chi connectivity index (χ0v) is 15.9. The highest BCUT2D eigenvalue weighted by molar-refractivity contribution is 6.20.